The molecule has 0 aromatic rings. The van der Waals surface area contributed by atoms with Crippen molar-refractivity contribution in [3.8, 4) is 0 Å². The van der Waals surface area contributed by atoms with E-state index in [9.17, 15) is 4.79 Å². The maximum Gasteiger partial charge on any atom is 0.280 e. The van der Waals surface area contributed by atoms with Crippen molar-refractivity contribution >= 4 is 26.5 Å². The zero-order chi connectivity index (χ0) is 11.6. The third kappa shape index (κ3) is 7.40. The van der Waals surface area contributed by atoms with Gasteiger partial charge in [0.1, 0.15) is 0 Å². The Kier molecular flexibility index (Phi) is 8.14. The lowest BCUT2D eigenvalue weighted by Crippen LogP contribution is -2.43. The van der Waals surface area contributed by atoms with Crippen LogP contribution in [0.25, 0.3) is 0 Å². The van der Waals surface area contributed by atoms with Crippen LogP contribution >= 0.6 is 22.6 Å². The number of unbranched alkanes of at least 4 members (excludes halogenated alkanes) is 3. The molecule has 1 aliphatic rings. The Bertz CT molecular complexity index is 196. The van der Waals surface area contributed by atoms with Crippen molar-refractivity contribution in [1.29, 1.82) is 0 Å². The molecule has 4 nitrogen and oxygen atoms in total. The maximum absolute atomic E-state index is 10.6. The molecule has 0 bridgehead atoms. The Morgan fingerprint density at radius 3 is 2.56 bits per heavy atom. The molecule has 0 atom stereocenters. The molecule has 0 aliphatic carbocycles. The van der Waals surface area contributed by atoms with Gasteiger partial charge in [-0.3, -0.25) is 4.79 Å². The van der Waals surface area contributed by atoms with Crippen LogP contribution in [0.4, 0.5) is 4.79 Å². The van der Waals surface area contributed by atoms with Crippen LogP contribution in [0.3, 0.4) is 0 Å². The van der Waals surface area contributed by atoms with E-state index >= 15 is 0 Å². The van der Waals surface area contributed by atoms with E-state index in [-0.39, 0.29) is 3.91 Å². The van der Waals surface area contributed by atoms with Gasteiger partial charge in [0.2, 0.25) is 0 Å². The smallest absolute Gasteiger partial charge is 0.280 e. The molecule has 1 saturated heterocycles. The van der Waals surface area contributed by atoms with Crippen molar-refractivity contribution in [2.45, 2.75) is 25.7 Å². The highest BCUT2D eigenvalue weighted by molar-refractivity contribution is 14.1. The number of halogens is 1. The van der Waals surface area contributed by atoms with Gasteiger partial charge < -0.3 is 15.5 Å². The molecule has 2 N–H and O–H groups in total. The highest BCUT2D eigenvalue weighted by atomic mass is 127. The van der Waals surface area contributed by atoms with Gasteiger partial charge in [-0.2, -0.15) is 0 Å². The minimum absolute atomic E-state index is 0.0541. The molecular formula is C11H22IN3O. The molecule has 0 spiro atoms. The fraction of sp³-hybridized carbons (Fsp3) is 0.909. The van der Waals surface area contributed by atoms with Crippen molar-refractivity contribution < 1.29 is 4.79 Å². The normalized spacial score (nSPS) is 17.3. The number of carbonyl (C=O) groups is 1. The van der Waals surface area contributed by atoms with E-state index in [1.54, 1.807) is 22.6 Å². The van der Waals surface area contributed by atoms with Gasteiger partial charge in [-0.15, -0.1) is 0 Å². The first-order chi connectivity index (χ1) is 7.79. The molecule has 0 saturated carbocycles. The van der Waals surface area contributed by atoms with Crippen molar-refractivity contribution in [3.05, 3.63) is 0 Å². The lowest BCUT2D eigenvalue weighted by Gasteiger charge is -2.26. The van der Waals surface area contributed by atoms with E-state index in [2.05, 4.69) is 15.5 Å². The maximum atomic E-state index is 10.6. The highest BCUT2D eigenvalue weighted by Gasteiger charge is 2.07. The minimum atomic E-state index is 0.0541. The Morgan fingerprint density at radius 2 is 1.88 bits per heavy atom. The Hall–Kier alpha value is 0.120. The number of piperazine rings is 1. The standard InChI is InChI=1S/C11H22IN3O/c12-11(16)14-5-3-1-2-4-8-15-9-6-13-7-10-15/h13H,1-10H2,(H,14,16). The molecule has 1 heterocycles. The van der Waals surface area contributed by atoms with E-state index in [1.165, 1.54) is 38.9 Å². The van der Waals surface area contributed by atoms with Crippen molar-refractivity contribution in [1.82, 2.24) is 15.5 Å². The van der Waals surface area contributed by atoms with Crippen LogP contribution in [0, 0.1) is 0 Å². The fourth-order valence-electron chi connectivity index (χ4n) is 1.94. The number of hydrogen-bond donors (Lipinski definition) is 2. The summed E-state index contributed by atoms with van der Waals surface area (Å²) in [6.07, 6.45) is 4.90. The molecule has 0 unspecified atom stereocenters. The first kappa shape index (κ1) is 14.2. The van der Waals surface area contributed by atoms with Gasteiger partial charge in [-0.05, 0) is 19.4 Å². The van der Waals surface area contributed by atoms with E-state index < -0.39 is 0 Å². The molecule has 1 amide bonds. The van der Waals surface area contributed by atoms with Gasteiger partial charge in [-0.25, -0.2) is 0 Å². The largest absolute Gasteiger partial charge is 0.348 e. The van der Waals surface area contributed by atoms with Crippen LogP contribution in [-0.2, 0) is 0 Å². The second kappa shape index (κ2) is 9.18. The summed E-state index contributed by atoms with van der Waals surface area (Å²) in [4.78, 5) is 13.1. The van der Waals surface area contributed by atoms with Gasteiger partial charge in [0.05, 0.1) is 0 Å². The van der Waals surface area contributed by atoms with Crippen molar-refractivity contribution in [3.63, 3.8) is 0 Å². The van der Waals surface area contributed by atoms with Crippen LogP contribution in [0.5, 0.6) is 0 Å². The summed E-state index contributed by atoms with van der Waals surface area (Å²) in [5.74, 6) is 0. The Morgan fingerprint density at radius 1 is 1.19 bits per heavy atom. The van der Waals surface area contributed by atoms with Gasteiger partial charge in [0.15, 0.2) is 0 Å². The monoisotopic (exact) mass is 339 g/mol. The molecule has 0 radical (unpaired) electrons. The van der Waals surface area contributed by atoms with Crippen LogP contribution in [-0.4, -0.2) is 48.1 Å². The van der Waals surface area contributed by atoms with Crippen molar-refractivity contribution in [2.75, 3.05) is 39.3 Å². The minimum Gasteiger partial charge on any atom is -0.348 e. The number of rotatable bonds is 7. The number of amides is 1. The second-order valence-corrected chi connectivity index (χ2v) is 5.19. The molecule has 1 fully saturated rings. The van der Waals surface area contributed by atoms with Crippen LogP contribution in [0.1, 0.15) is 25.7 Å². The third-order valence-electron chi connectivity index (χ3n) is 2.87. The van der Waals surface area contributed by atoms with Crippen LogP contribution in [0.15, 0.2) is 0 Å². The Balaban J connectivity index is 1.82. The first-order valence-electron chi connectivity index (χ1n) is 6.15. The topological polar surface area (TPSA) is 44.4 Å². The van der Waals surface area contributed by atoms with E-state index in [4.69, 9.17) is 0 Å². The van der Waals surface area contributed by atoms with Crippen LogP contribution in [0.2, 0.25) is 0 Å². The molecular weight excluding hydrogens is 317 g/mol. The summed E-state index contributed by atoms with van der Waals surface area (Å²) >= 11 is 1.78. The lowest BCUT2D eigenvalue weighted by atomic mass is 10.2. The number of hydrogen-bond acceptors (Lipinski definition) is 3. The third-order valence-corrected chi connectivity index (χ3v) is 3.26. The summed E-state index contributed by atoms with van der Waals surface area (Å²) in [6.45, 7) is 6.74. The second-order valence-electron chi connectivity index (χ2n) is 4.21. The summed E-state index contributed by atoms with van der Waals surface area (Å²) in [5.41, 5.74) is 0. The predicted octanol–water partition coefficient (Wildman–Crippen LogP) is 1.60. The zero-order valence-electron chi connectivity index (χ0n) is 9.80. The predicted molar refractivity (Wildman–Crippen MR) is 75.2 cm³/mol. The van der Waals surface area contributed by atoms with E-state index in [0.29, 0.717) is 0 Å². The zero-order valence-corrected chi connectivity index (χ0v) is 12.0. The van der Waals surface area contributed by atoms with Gasteiger partial charge >= 0.3 is 0 Å². The summed E-state index contributed by atoms with van der Waals surface area (Å²) < 4.78 is 0.0541. The quantitative estimate of drug-likeness (QED) is 0.321. The summed E-state index contributed by atoms with van der Waals surface area (Å²) in [5, 5.41) is 6.18. The highest BCUT2D eigenvalue weighted by Crippen LogP contribution is 2.02. The summed E-state index contributed by atoms with van der Waals surface area (Å²) in [7, 11) is 0. The molecule has 0 aromatic heterocycles. The molecule has 5 heteroatoms. The average Bonchev–Trinajstić information content (AvgIpc) is 2.29. The van der Waals surface area contributed by atoms with E-state index in [0.717, 1.165) is 26.1 Å². The van der Waals surface area contributed by atoms with Gasteiger partial charge in [0, 0.05) is 55.3 Å². The summed E-state index contributed by atoms with van der Waals surface area (Å²) in [6, 6.07) is 0. The van der Waals surface area contributed by atoms with Crippen molar-refractivity contribution in [2.24, 2.45) is 0 Å². The van der Waals surface area contributed by atoms with Gasteiger partial charge in [0.25, 0.3) is 3.91 Å². The average molecular weight is 339 g/mol. The van der Waals surface area contributed by atoms with Crippen LogP contribution < -0.4 is 10.6 Å². The number of nitrogens with one attached hydrogen (secondary N) is 2. The van der Waals surface area contributed by atoms with E-state index in [1.807, 2.05) is 0 Å². The molecule has 1 aliphatic heterocycles. The first-order valence-corrected chi connectivity index (χ1v) is 7.23. The SMILES string of the molecule is O=C(I)NCCCCCCN1CCNCC1. The lowest BCUT2D eigenvalue weighted by molar-refractivity contribution is 0.236. The number of nitrogens with zero attached hydrogens (tertiary/aromatic N) is 1. The molecule has 94 valence electrons. The number of carbonyl (C=O) groups excluding carboxylic acids is 1. The molecule has 16 heavy (non-hydrogen) atoms. The fourth-order valence-corrected chi connectivity index (χ4v) is 2.21. The molecule has 0 aromatic carbocycles. The molecule has 1 rings (SSSR count). The van der Waals surface area contributed by atoms with Gasteiger partial charge in [-0.1, -0.05) is 12.8 Å². The Labute approximate surface area is 112 Å².